The number of rotatable bonds is 7. The van der Waals surface area contributed by atoms with E-state index >= 15 is 0 Å². The average molecular weight is 378 g/mol. The molecule has 2 amide bonds. The van der Waals surface area contributed by atoms with Crippen molar-refractivity contribution < 1.29 is 9.59 Å². The van der Waals surface area contributed by atoms with Gasteiger partial charge in [-0.2, -0.15) is 0 Å². The zero-order chi connectivity index (χ0) is 19.2. The summed E-state index contributed by atoms with van der Waals surface area (Å²) in [7, 11) is 3.65. The van der Waals surface area contributed by atoms with Crippen molar-refractivity contribution >= 4 is 11.8 Å². The molecule has 2 bridgehead atoms. The normalized spacial score (nSPS) is 28.8. The molecular weight excluding hydrogens is 338 g/mol. The highest BCUT2D eigenvalue weighted by atomic mass is 16.2. The lowest BCUT2D eigenvalue weighted by molar-refractivity contribution is -0.135. The van der Waals surface area contributed by atoms with E-state index in [0.29, 0.717) is 30.2 Å². The van der Waals surface area contributed by atoms with Crippen molar-refractivity contribution in [1.29, 1.82) is 0 Å². The van der Waals surface area contributed by atoms with Gasteiger partial charge in [-0.3, -0.25) is 9.59 Å². The lowest BCUT2D eigenvalue weighted by Crippen LogP contribution is -2.57. The quantitative estimate of drug-likeness (QED) is 0.742. The molecule has 3 rings (SSSR count). The minimum Gasteiger partial charge on any atom is -0.349 e. The monoisotopic (exact) mass is 377 g/mol. The molecule has 1 saturated carbocycles. The molecule has 3 unspecified atom stereocenters. The van der Waals surface area contributed by atoms with Crippen LogP contribution in [0.15, 0.2) is 0 Å². The van der Waals surface area contributed by atoms with Crippen molar-refractivity contribution in [1.82, 2.24) is 15.1 Å². The minimum absolute atomic E-state index is 0.215. The van der Waals surface area contributed by atoms with E-state index in [4.69, 9.17) is 0 Å². The van der Waals surface area contributed by atoms with Crippen LogP contribution in [-0.2, 0) is 9.59 Å². The first-order valence-electron chi connectivity index (χ1n) is 11.2. The Kier molecular flexibility index (Phi) is 7.57. The number of fused-ring (bicyclic) bond motifs is 2. The number of nitrogens with one attached hydrogen (secondary N) is 1. The highest BCUT2D eigenvalue weighted by Crippen LogP contribution is 2.32. The smallest absolute Gasteiger partial charge is 0.222 e. The predicted molar refractivity (Wildman–Crippen MR) is 108 cm³/mol. The van der Waals surface area contributed by atoms with Gasteiger partial charge >= 0.3 is 0 Å². The van der Waals surface area contributed by atoms with Crippen LogP contribution in [-0.4, -0.2) is 61.4 Å². The van der Waals surface area contributed by atoms with Crippen LogP contribution in [0.3, 0.4) is 0 Å². The molecule has 0 aromatic carbocycles. The van der Waals surface area contributed by atoms with Gasteiger partial charge < -0.3 is 15.1 Å². The molecule has 0 radical (unpaired) electrons. The van der Waals surface area contributed by atoms with Crippen LogP contribution in [0.4, 0.5) is 0 Å². The number of amides is 2. The molecule has 2 heterocycles. The third-order valence-electron chi connectivity index (χ3n) is 7.06. The Labute approximate surface area is 165 Å². The highest BCUT2D eigenvalue weighted by Gasteiger charge is 2.37. The Balaban J connectivity index is 1.43. The fraction of sp³-hybridized carbons (Fsp3) is 0.909. The molecular formula is C22H39N3O2. The number of hydrogen-bond acceptors (Lipinski definition) is 3. The Bertz CT molecular complexity index is 502. The van der Waals surface area contributed by atoms with Gasteiger partial charge in [0.2, 0.25) is 11.8 Å². The second-order valence-corrected chi connectivity index (χ2v) is 9.40. The number of hydrogen-bond donors (Lipinski definition) is 1. The summed E-state index contributed by atoms with van der Waals surface area (Å²) in [6.45, 7) is 2.88. The van der Waals surface area contributed by atoms with Gasteiger partial charge in [-0.1, -0.05) is 32.1 Å². The lowest BCUT2D eigenvalue weighted by atomic mass is 9.78. The van der Waals surface area contributed by atoms with Crippen molar-refractivity contribution in [2.24, 2.45) is 17.8 Å². The van der Waals surface area contributed by atoms with Crippen LogP contribution < -0.4 is 5.32 Å². The van der Waals surface area contributed by atoms with Crippen molar-refractivity contribution in [3.63, 3.8) is 0 Å². The van der Waals surface area contributed by atoms with Gasteiger partial charge in [0, 0.05) is 46.1 Å². The van der Waals surface area contributed by atoms with E-state index in [-0.39, 0.29) is 5.91 Å². The molecule has 1 aliphatic carbocycles. The van der Waals surface area contributed by atoms with Crippen LogP contribution in [0.5, 0.6) is 0 Å². The van der Waals surface area contributed by atoms with E-state index in [1.807, 2.05) is 14.1 Å². The fourth-order valence-corrected chi connectivity index (χ4v) is 5.37. The van der Waals surface area contributed by atoms with Crippen molar-refractivity contribution in [2.45, 2.75) is 76.7 Å². The summed E-state index contributed by atoms with van der Waals surface area (Å²) in [4.78, 5) is 28.5. The Morgan fingerprint density at radius 2 is 1.81 bits per heavy atom. The molecule has 0 spiro atoms. The fourth-order valence-electron chi connectivity index (χ4n) is 5.37. The maximum atomic E-state index is 12.8. The van der Waals surface area contributed by atoms with Crippen LogP contribution >= 0.6 is 0 Å². The SMILES string of the molecule is CN(C)C(=O)CCCC1NCC2CC1CN(C(=O)CCC1CCCCC1)C2. The molecule has 3 fully saturated rings. The molecule has 1 N–H and O–H groups in total. The number of carbonyl (C=O) groups is 2. The minimum atomic E-state index is 0.215. The lowest BCUT2D eigenvalue weighted by Gasteiger charge is -2.46. The van der Waals surface area contributed by atoms with Crippen LogP contribution in [0.25, 0.3) is 0 Å². The average Bonchev–Trinajstić information content (AvgIpc) is 2.68. The van der Waals surface area contributed by atoms with Crippen LogP contribution in [0.2, 0.25) is 0 Å². The third-order valence-corrected chi connectivity index (χ3v) is 7.06. The predicted octanol–water partition coefficient (Wildman–Crippen LogP) is 3.04. The van der Waals surface area contributed by atoms with Gasteiger partial charge in [0.15, 0.2) is 0 Å². The van der Waals surface area contributed by atoms with E-state index in [2.05, 4.69) is 10.2 Å². The molecule has 3 atom stereocenters. The van der Waals surface area contributed by atoms with Gasteiger partial charge in [-0.15, -0.1) is 0 Å². The third kappa shape index (κ3) is 5.94. The summed E-state index contributed by atoms with van der Waals surface area (Å²) < 4.78 is 0. The largest absolute Gasteiger partial charge is 0.349 e. The maximum Gasteiger partial charge on any atom is 0.222 e. The first-order valence-corrected chi connectivity index (χ1v) is 11.2. The van der Waals surface area contributed by atoms with E-state index < -0.39 is 0 Å². The summed E-state index contributed by atoms with van der Waals surface area (Å²) in [5.41, 5.74) is 0. The van der Waals surface area contributed by atoms with E-state index in [9.17, 15) is 9.59 Å². The second-order valence-electron chi connectivity index (χ2n) is 9.40. The topological polar surface area (TPSA) is 52.7 Å². The van der Waals surface area contributed by atoms with E-state index in [1.165, 1.54) is 38.5 Å². The van der Waals surface area contributed by atoms with Crippen molar-refractivity contribution in [3.8, 4) is 0 Å². The molecule has 27 heavy (non-hydrogen) atoms. The summed E-state index contributed by atoms with van der Waals surface area (Å²) in [5.74, 6) is 2.56. The molecule has 5 heteroatoms. The Morgan fingerprint density at radius 1 is 1.04 bits per heavy atom. The molecule has 2 aliphatic heterocycles. The molecule has 3 aliphatic rings. The summed E-state index contributed by atoms with van der Waals surface area (Å²) in [6, 6.07) is 0.463. The van der Waals surface area contributed by atoms with Crippen molar-refractivity contribution in [3.05, 3.63) is 0 Å². The molecule has 0 aromatic rings. The van der Waals surface area contributed by atoms with Crippen LogP contribution in [0.1, 0.15) is 70.6 Å². The zero-order valence-corrected chi connectivity index (χ0v) is 17.4. The van der Waals surface area contributed by atoms with E-state index in [1.54, 1.807) is 4.90 Å². The molecule has 154 valence electrons. The molecule has 5 nitrogen and oxygen atoms in total. The van der Waals surface area contributed by atoms with Gasteiger partial charge in [0.25, 0.3) is 0 Å². The Morgan fingerprint density at radius 3 is 2.56 bits per heavy atom. The maximum absolute atomic E-state index is 12.8. The summed E-state index contributed by atoms with van der Waals surface area (Å²) in [5, 5.41) is 3.70. The number of piperidine rings is 2. The standard InChI is InChI=1S/C22H39N3O2/c1-24(2)21(26)10-6-9-20-19-13-18(14-23-20)15-25(16-19)22(27)12-11-17-7-4-3-5-8-17/h17-20,23H,3-16H2,1-2H3. The van der Waals surface area contributed by atoms with E-state index in [0.717, 1.165) is 51.2 Å². The van der Waals surface area contributed by atoms with Gasteiger partial charge in [0.1, 0.15) is 0 Å². The van der Waals surface area contributed by atoms with Gasteiger partial charge in [0.05, 0.1) is 0 Å². The number of carbonyl (C=O) groups excluding carboxylic acids is 2. The number of nitrogens with zero attached hydrogens (tertiary/aromatic N) is 2. The first kappa shape index (κ1) is 20.6. The molecule has 2 saturated heterocycles. The second kappa shape index (κ2) is 9.90. The Hall–Kier alpha value is -1.10. The van der Waals surface area contributed by atoms with Gasteiger partial charge in [-0.25, -0.2) is 0 Å². The van der Waals surface area contributed by atoms with Crippen molar-refractivity contribution in [2.75, 3.05) is 33.7 Å². The summed E-state index contributed by atoms with van der Waals surface area (Å²) in [6.07, 6.45) is 12.5. The first-order chi connectivity index (χ1) is 13.0. The van der Waals surface area contributed by atoms with Crippen LogP contribution in [0, 0.1) is 17.8 Å². The zero-order valence-electron chi connectivity index (χ0n) is 17.4. The number of likely N-dealkylation sites (tertiary alicyclic amines) is 1. The highest BCUT2D eigenvalue weighted by molar-refractivity contribution is 5.76. The van der Waals surface area contributed by atoms with Gasteiger partial charge in [-0.05, 0) is 50.0 Å². The summed E-state index contributed by atoms with van der Waals surface area (Å²) >= 11 is 0. The molecule has 0 aromatic heterocycles.